The number of nitrogens with one attached hydrogen (secondary N) is 7. The number of hydrogen-bond donors (Lipinski definition) is 11. The minimum atomic E-state index is -1.59. The van der Waals surface area contributed by atoms with Crippen LogP contribution in [0.3, 0.4) is 0 Å². The zero-order chi connectivity index (χ0) is 46.3. The maximum Gasteiger partial charge on any atom is 0.245 e. The Balaban J connectivity index is 1.55. The first-order valence-corrected chi connectivity index (χ1v) is 24.3. The van der Waals surface area contributed by atoms with Crippen molar-refractivity contribution in [2.45, 2.75) is 131 Å². The Morgan fingerprint density at radius 3 is 2.14 bits per heavy atom. The van der Waals surface area contributed by atoms with Crippen molar-refractivity contribution in [3.63, 3.8) is 0 Å². The molecule has 5 rings (SSSR count). The van der Waals surface area contributed by atoms with Gasteiger partial charge in [0.2, 0.25) is 35.4 Å². The van der Waals surface area contributed by atoms with E-state index in [-0.39, 0.29) is 37.3 Å². The number of H-pyrrole nitrogens is 1. The fraction of sp³-hybridized carbons (Fsp3) is 0.556. The molecule has 3 aromatic rings. The summed E-state index contributed by atoms with van der Waals surface area (Å²) < 4.78 is -0.607. The van der Waals surface area contributed by atoms with Crippen LogP contribution in [0.5, 0.6) is 0 Å². The van der Waals surface area contributed by atoms with Gasteiger partial charge in [-0.3, -0.25) is 28.8 Å². The highest BCUT2D eigenvalue weighted by atomic mass is 33.1. The van der Waals surface area contributed by atoms with E-state index < -0.39 is 89.3 Å². The number of fused-ring (bicyclic) bond motifs is 1. The van der Waals surface area contributed by atoms with Crippen molar-refractivity contribution in [2.75, 3.05) is 25.5 Å². The van der Waals surface area contributed by atoms with Gasteiger partial charge < -0.3 is 57.9 Å². The molecular formula is C45H64N8O9S2. The average molecular weight is 925 g/mol. The highest BCUT2D eigenvalue weighted by Crippen LogP contribution is 2.48. The Labute approximate surface area is 381 Å². The Bertz CT molecular complexity index is 2040. The van der Waals surface area contributed by atoms with E-state index in [2.05, 4.69) is 36.9 Å². The van der Waals surface area contributed by atoms with Crippen LogP contribution in [0.25, 0.3) is 10.9 Å². The second kappa shape index (κ2) is 24.0. The first-order chi connectivity index (χ1) is 30.7. The molecule has 1 saturated heterocycles. The summed E-state index contributed by atoms with van der Waals surface area (Å²) in [5, 5.41) is 48.2. The molecule has 2 aromatic carbocycles. The summed E-state index contributed by atoms with van der Waals surface area (Å²) >= 11 is 0. The van der Waals surface area contributed by atoms with Gasteiger partial charge in [0.05, 0.1) is 24.9 Å². The third kappa shape index (κ3) is 14.2. The molecule has 6 unspecified atom stereocenters. The molecule has 0 bridgehead atoms. The number of nitrogens with two attached hydrogens (primary N) is 1. The Kier molecular flexibility index (Phi) is 18.9. The number of hydrogen-bond acceptors (Lipinski definition) is 12. The largest absolute Gasteiger partial charge is 0.394 e. The zero-order valence-corrected chi connectivity index (χ0v) is 38.2. The van der Waals surface area contributed by atoms with Gasteiger partial charge in [0.1, 0.15) is 30.2 Å². The van der Waals surface area contributed by atoms with Crippen LogP contribution in [0.4, 0.5) is 0 Å². The van der Waals surface area contributed by atoms with Gasteiger partial charge in [0, 0.05) is 46.9 Å². The lowest BCUT2D eigenvalue weighted by Crippen LogP contribution is -2.63. The number of rotatable bonds is 13. The molecule has 0 radical (unpaired) electrons. The smallest absolute Gasteiger partial charge is 0.245 e. The fourth-order valence-corrected chi connectivity index (χ4v) is 11.3. The molecule has 1 aliphatic heterocycles. The summed E-state index contributed by atoms with van der Waals surface area (Å²) in [4.78, 5) is 88.5. The van der Waals surface area contributed by atoms with Crippen LogP contribution in [0.2, 0.25) is 0 Å². The van der Waals surface area contributed by atoms with Gasteiger partial charge in [-0.25, -0.2) is 0 Å². The predicted octanol–water partition coefficient (Wildman–Crippen LogP) is 1.23. The molecule has 1 spiro atoms. The van der Waals surface area contributed by atoms with Gasteiger partial charge in [-0.1, -0.05) is 89.4 Å². The van der Waals surface area contributed by atoms with E-state index in [1.54, 1.807) is 6.20 Å². The Hall–Kier alpha value is -4.66. The second-order valence-corrected chi connectivity index (χ2v) is 20.0. The Morgan fingerprint density at radius 2 is 1.47 bits per heavy atom. The number of carbonyl (C=O) groups excluding carboxylic acids is 6. The number of amides is 6. The lowest BCUT2D eigenvalue weighted by molar-refractivity contribution is -0.136. The van der Waals surface area contributed by atoms with Gasteiger partial charge in [0.25, 0.3) is 0 Å². The number of carbonyl (C=O) groups is 6. The second-order valence-electron chi connectivity index (χ2n) is 17.2. The standard InChI is InChI=1S/C45H64N8O9S2/c1-28(56)38-43(62)51-36(42(61)53-44(2,26-54)27-55)25-63-64-45(18-10-4-11-19-45)23-37(57)48-34(21-29-13-5-3-6-14-29)40(59)50-35(22-30-24-47-32-16-8-7-15-31(30)32)41(60)49-33(39(58)52-38)17-9-12-20-46/h3,5-8,13-16,24,28,33-36,38,47,54-56H,4,9-12,17-23,25-27,46H2,1-2H3,(H,48,57)(H,49,60)(H,50,59)(H,51,62)(H,52,58)(H,53,61). The summed E-state index contributed by atoms with van der Waals surface area (Å²) in [5.41, 5.74) is 6.66. The molecule has 17 nitrogen and oxygen atoms in total. The molecule has 6 amide bonds. The SMILES string of the molecule is CC(O)C1NC(=O)C(CCCCN)NC(=O)C(Cc2c[nH]c3ccccc23)NC(=O)C(Cc2ccccc2)NC(=O)CC2(CCCCC2)SSCC(C(=O)NC(C)(CO)CO)NC1=O. The van der Waals surface area contributed by atoms with Gasteiger partial charge in [-0.05, 0) is 69.7 Å². The number of aromatic amines is 1. The van der Waals surface area contributed by atoms with Gasteiger partial charge in [0.15, 0.2) is 0 Å². The summed E-state index contributed by atoms with van der Waals surface area (Å²) in [6.45, 7) is 1.83. The van der Waals surface area contributed by atoms with E-state index in [0.717, 1.165) is 41.3 Å². The molecule has 1 aromatic heterocycles. The number of aliphatic hydroxyl groups excluding tert-OH is 3. The van der Waals surface area contributed by atoms with Crippen LogP contribution >= 0.6 is 21.6 Å². The maximum atomic E-state index is 14.6. The fourth-order valence-electron chi connectivity index (χ4n) is 7.96. The van der Waals surface area contributed by atoms with Crippen molar-refractivity contribution in [3.05, 3.63) is 71.9 Å². The van der Waals surface area contributed by atoms with E-state index in [0.29, 0.717) is 32.2 Å². The van der Waals surface area contributed by atoms with Crippen molar-refractivity contribution >= 4 is 67.9 Å². The molecule has 2 heterocycles. The van der Waals surface area contributed by atoms with Crippen LogP contribution in [-0.2, 0) is 41.6 Å². The van der Waals surface area contributed by atoms with Crippen molar-refractivity contribution < 1.29 is 44.1 Å². The summed E-state index contributed by atoms with van der Waals surface area (Å²) in [7, 11) is 2.68. The first kappa shape index (κ1) is 50.3. The number of aliphatic hydroxyl groups is 3. The minimum Gasteiger partial charge on any atom is -0.394 e. The first-order valence-electron chi connectivity index (χ1n) is 22.0. The van der Waals surface area contributed by atoms with E-state index in [1.165, 1.54) is 35.4 Å². The van der Waals surface area contributed by atoms with Crippen molar-refractivity contribution in [3.8, 4) is 0 Å². The molecule has 1 aliphatic carbocycles. The third-order valence-corrected chi connectivity index (χ3v) is 15.1. The van der Waals surface area contributed by atoms with Crippen molar-refractivity contribution in [1.29, 1.82) is 0 Å². The third-order valence-electron chi connectivity index (χ3n) is 11.8. The number of benzene rings is 2. The normalized spacial score (nSPS) is 23.8. The number of unbranched alkanes of at least 4 members (excludes halogenated alkanes) is 1. The van der Waals surface area contributed by atoms with Crippen LogP contribution in [0.15, 0.2) is 60.8 Å². The van der Waals surface area contributed by atoms with Crippen LogP contribution in [-0.4, -0.2) is 128 Å². The van der Waals surface area contributed by atoms with Crippen LogP contribution < -0.4 is 37.6 Å². The molecular weight excluding hydrogens is 861 g/mol. The highest BCUT2D eigenvalue weighted by Gasteiger charge is 2.40. The number of para-hydroxylation sites is 1. The lowest BCUT2D eigenvalue weighted by Gasteiger charge is -2.36. The molecule has 64 heavy (non-hydrogen) atoms. The molecule has 19 heteroatoms. The summed E-state index contributed by atoms with van der Waals surface area (Å²) in [6.07, 6.45) is 5.44. The predicted molar refractivity (Wildman–Crippen MR) is 248 cm³/mol. The molecule has 350 valence electrons. The van der Waals surface area contributed by atoms with E-state index in [1.807, 2.05) is 54.6 Å². The monoisotopic (exact) mass is 924 g/mol. The lowest BCUT2D eigenvalue weighted by atomic mass is 9.85. The number of aromatic nitrogens is 1. The summed E-state index contributed by atoms with van der Waals surface area (Å²) in [6, 6.07) is 10.2. The van der Waals surface area contributed by atoms with Crippen molar-refractivity contribution in [1.82, 2.24) is 36.9 Å². The van der Waals surface area contributed by atoms with E-state index in [4.69, 9.17) is 5.73 Å². The zero-order valence-electron chi connectivity index (χ0n) is 36.5. The van der Waals surface area contributed by atoms with Crippen molar-refractivity contribution in [2.24, 2.45) is 5.73 Å². The maximum absolute atomic E-state index is 14.6. The minimum absolute atomic E-state index is 0.00939. The van der Waals surface area contributed by atoms with E-state index >= 15 is 0 Å². The molecule has 1 saturated carbocycles. The van der Waals surface area contributed by atoms with Gasteiger partial charge in [-0.2, -0.15) is 0 Å². The van der Waals surface area contributed by atoms with Crippen LogP contribution in [0.1, 0.15) is 82.8 Å². The van der Waals surface area contributed by atoms with Crippen LogP contribution in [0, 0.1) is 0 Å². The quantitative estimate of drug-likeness (QED) is 0.0854. The summed E-state index contributed by atoms with van der Waals surface area (Å²) in [5.74, 6) is -4.15. The topological polar surface area (TPSA) is 277 Å². The molecule has 12 N–H and O–H groups in total. The molecule has 2 aliphatic rings. The Morgan fingerprint density at radius 1 is 0.828 bits per heavy atom. The van der Waals surface area contributed by atoms with Gasteiger partial charge >= 0.3 is 0 Å². The highest BCUT2D eigenvalue weighted by molar-refractivity contribution is 8.77. The average Bonchev–Trinajstić information content (AvgIpc) is 3.69. The van der Waals surface area contributed by atoms with Gasteiger partial charge in [-0.15, -0.1) is 0 Å². The van der Waals surface area contributed by atoms with E-state index in [9.17, 15) is 44.1 Å². The molecule has 6 atom stereocenters. The molecule has 2 fully saturated rings.